The van der Waals surface area contributed by atoms with E-state index in [0.29, 0.717) is 41.7 Å². The molecule has 0 atom stereocenters. The quantitative estimate of drug-likeness (QED) is 0.710. The molecule has 0 saturated carbocycles. The number of alkyl halides is 3. The second kappa shape index (κ2) is 8.53. The molecular weight excluding hydrogens is 427 g/mol. The van der Waals surface area contributed by atoms with Gasteiger partial charge in [0, 0.05) is 37.3 Å². The summed E-state index contributed by atoms with van der Waals surface area (Å²) >= 11 is 1.25. The van der Waals surface area contributed by atoms with Crippen molar-refractivity contribution in [2.24, 2.45) is 5.41 Å². The SMILES string of the molecule is Cc1cc(NC(=O)C(C)(C)C)sc1C(=O)N1CCN(c2cccc(C(F)(F)F)c2)CC1. The third-order valence-corrected chi connectivity index (χ3v) is 6.28. The number of halogens is 3. The van der Waals surface area contributed by atoms with Crippen LogP contribution in [0.3, 0.4) is 0 Å². The minimum absolute atomic E-state index is 0.123. The number of aryl methyl sites for hydroxylation is 1. The van der Waals surface area contributed by atoms with Crippen molar-refractivity contribution in [2.45, 2.75) is 33.9 Å². The first-order valence-corrected chi connectivity index (χ1v) is 10.8. The lowest BCUT2D eigenvalue weighted by molar-refractivity contribution is -0.137. The van der Waals surface area contributed by atoms with Crippen LogP contribution in [-0.2, 0) is 11.0 Å². The first-order chi connectivity index (χ1) is 14.4. The van der Waals surface area contributed by atoms with Crippen molar-refractivity contribution in [2.75, 3.05) is 36.4 Å². The van der Waals surface area contributed by atoms with Gasteiger partial charge in [0.25, 0.3) is 5.91 Å². The number of thiophene rings is 1. The predicted octanol–water partition coefficient (Wildman–Crippen LogP) is 5.02. The summed E-state index contributed by atoms with van der Waals surface area (Å²) in [5.74, 6) is -0.245. The van der Waals surface area contributed by atoms with Gasteiger partial charge in [-0.05, 0) is 36.8 Å². The molecule has 0 radical (unpaired) electrons. The number of piperazine rings is 1. The summed E-state index contributed by atoms with van der Waals surface area (Å²) in [6.07, 6.45) is -4.38. The number of anilines is 2. The number of hydrogen-bond acceptors (Lipinski definition) is 4. The van der Waals surface area contributed by atoms with E-state index in [9.17, 15) is 22.8 Å². The summed E-state index contributed by atoms with van der Waals surface area (Å²) in [7, 11) is 0. The highest BCUT2D eigenvalue weighted by Crippen LogP contribution is 2.33. The van der Waals surface area contributed by atoms with Gasteiger partial charge in [0.05, 0.1) is 15.4 Å². The molecule has 2 amide bonds. The molecule has 0 aliphatic carbocycles. The van der Waals surface area contributed by atoms with Crippen molar-refractivity contribution in [3.05, 3.63) is 46.3 Å². The molecule has 31 heavy (non-hydrogen) atoms. The number of nitrogens with one attached hydrogen (secondary N) is 1. The molecule has 0 spiro atoms. The third kappa shape index (κ3) is 5.39. The van der Waals surface area contributed by atoms with Crippen molar-refractivity contribution in [3.63, 3.8) is 0 Å². The van der Waals surface area contributed by atoms with Crippen LogP contribution in [0.5, 0.6) is 0 Å². The van der Waals surface area contributed by atoms with Crippen LogP contribution >= 0.6 is 11.3 Å². The van der Waals surface area contributed by atoms with Crippen LogP contribution in [0.4, 0.5) is 23.9 Å². The smallest absolute Gasteiger partial charge is 0.368 e. The molecule has 5 nitrogen and oxygen atoms in total. The number of carbonyl (C=O) groups is 2. The second-order valence-electron chi connectivity index (χ2n) is 8.65. The zero-order valence-electron chi connectivity index (χ0n) is 18.0. The lowest BCUT2D eigenvalue weighted by Gasteiger charge is -2.36. The van der Waals surface area contributed by atoms with Gasteiger partial charge in [-0.15, -0.1) is 11.3 Å². The summed E-state index contributed by atoms with van der Waals surface area (Å²) in [4.78, 5) is 29.3. The van der Waals surface area contributed by atoms with Crippen molar-refractivity contribution in [1.82, 2.24) is 4.90 Å². The molecule has 1 saturated heterocycles. The fourth-order valence-corrected chi connectivity index (χ4v) is 4.28. The van der Waals surface area contributed by atoms with Crippen LogP contribution in [0.1, 0.15) is 41.6 Å². The lowest BCUT2D eigenvalue weighted by Crippen LogP contribution is -2.48. The Morgan fingerprint density at radius 2 is 1.68 bits per heavy atom. The molecule has 2 aromatic rings. The summed E-state index contributed by atoms with van der Waals surface area (Å²) in [5.41, 5.74) is 0.0745. The monoisotopic (exact) mass is 453 g/mol. The molecule has 168 valence electrons. The van der Waals surface area contributed by atoms with E-state index in [1.54, 1.807) is 17.0 Å². The van der Waals surface area contributed by atoms with Crippen LogP contribution < -0.4 is 10.2 Å². The molecule has 1 aromatic heterocycles. The number of hydrogen-bond donors (Lipinski definition) is 1. The van der Waals surface area contributed by atoms with Gasteiger partial charge in [-0.1, -0.05) is 26.8 Å². The fraction of sp³-hybridized carbons (Fsp3) is 0.455. The molecule has 3 rings (SSSR count). The zero-order chi connectivity index (χ0) is 23.0. The molecule has 1 fully saturated rings. The molecule has 9 heteroatoms. The van der Waals surface area contributed by atoms with E-state index in [4.69, 9.17) is 0 Å². The Labute approximate surface area is 183 Å². The molecular formula is C22H26F3N3O2S. The van der Waals surface area contributed by atoms with Gasteiger partial charge in [-0.2, -0.15) is 13.2 Å². The molecule has 1 N–H and O–H groups in total. The molecule has 1 aliphatic heterocycles. The van der Waals surface area contributed by atoms with Crippen molar-refractivity contribution < 1.29 is 22.8 Å². The number of carbonyl (C=O) groups excluding carboxylic acids is 2. The van der Waals surface area contributed by atoms with Crippen LogP contribution in [-0.4, -0.2) is 42.9 Å². The van der Waals surface area contributed by atoms with Crippen molar-refractivity contribution >= 4 is 33.8 Å². The van der Waals surface area contributed by atoms with Gasteiger partial charge in [-0.3, -0.25) is 9.59 Å². The Hall–Kier alpha value is -2.55. The van der Waals surface area contributed by atoms with Crippen LogP contribution in [0.25, 0.3) is 0 Å². The molecule has 1 aromatic carbocycles. The second-order valence-corrected chi connectivity index (χ2v) is 9.71. The topological polar surface area (TPSA) is 52.7 Å². The third-order valence-electron chi connectivity index (χ3n) is 5.14. The van der Waals surface area contributed by atoms with Crippen LogP contribution in [0.15, 0.2) is 30.3 Å². The van der Waals surface area contributed by atoms with Crippen molar-refractivity contribution in [3.8, 4) is 0 Å². The number of benzene rings is 1. The van der Waals surface area contributed by atoms with Crippen LogP contribution in [0.2, 0.25) is 0 Å². The highest BCUT2D eigenvalue weighted by molar-refractivity contribution is 7.18. The highest BCUT2D eigenvalue weighted by Gasteiger charge is 2.31. The predicted molar refractivity (Wildman–Crippen MR) is 117 cm³/mol. The minimum Gasteiger partial charge on any atom is -0.368 e. The number of nitrogens with zero attached hydrogens (tertiary/aromatic N) is 2. The van der Waals surface area contributed by atoms with Gasteiger partial charge in [0.2, 0.25) is 5.91 Å². The number of rotatable bonds is 3. The standard InChI is InChI=1S/C22H26F3N3O2S/c1-14-12-17(26-20(30)21(2,3)4)31-18(14)19(29)28-10-8-27(9-11-28)16-7-5-6-15(13-16)22(23,24)25/h5-7,12-13H,8-11H2,1-4H3,(H,26,30). The van der Waals surface area contributed by atoms with E-state index in [-0.39, 0.29) is 11.8 Å². The molecule has 0 bridgehead atoms. The number of amides is 2. The minimum atomic E-state index is -4.38. The van der Waals surface area contributed by atoms with Gasteiger partial charge >= 0.3 is 6.18 Å². The first-order valence-electron chi connectivity index (χ1n) is 9.99. The van der Waals surface area contributed by atoms with Crippen molar-refractivity contribution in [1.29, 1.82) is 0 Å². The summed E-state index contributed by atoms with van der Waals surface area (Å²) in [6.45, 7) is 9.01. The maximum atomic E-state index is 13.0. The Morgan fingerprint density at radius 3 is 2.26 bits per heavy atom. The summed E-state index contributed by atoms with van der Waals surface area (Å²) in [5, 5.41) is 3.48. The molecule has 0 unspecified atom stereocenters. The molecule has 1 aliphatic rings. The van der Waals surface area contributed by atoms with Gasteiger partial charge in [0.1, 0.15) is 0 Å². The first kappa shape index (κ1) is 23.1. The summed E-state index contributed by atoms with van der Waals surface area (Å²) in [6, 6.07) is 7.04. The van der Waals surface area contributed by atoms with Gasteiger partial charge in [-0.25, -0.2) is 0 Å². The van der Waals surface area contributed by atoms with Gasteiger partial charge < -0.3 is 15.1 Å². The largest absolute Gasteiger partial charge is 0.416 e. The van der Waals surface area contributed by atoms with E-state index >= 15 is 0 Å². The van der Waals surface area contributed by atoms with E-state index in [0.717, 1.165) is 17.7 Å². The van der Waals surface area contributed by atoms with Crippen LogP contribution in [0, 0.1) is 12.3 Å². The Balaban J connectivity index is 1.65. The lowest BCUT2D eigenvalue weighted by atomic mass is 9.96. The average Bonchev–Trinajstić information content (AvgIpc) is 3.06. The average molecular weight is 454 g/mol. The summed E-state index contributed by atoms with van der Waals surface area (Å²) < 4.78 is 38.9. The zero-order valence-corrected chi connectivity index (χ0v) is 18.8. The van der Waals surface area contributed by atoms with E-state index < -0.39 is 17.2 Å². The normalized spacial score (nSPS) is 15.2. The highest BCUT2D eigenvalue weighted by atomic mass is 32.1. The Bertz CT molecular complexity index is 971. The maximum absolute atomic E-state index is 13.0. The Kier molecular flexibility index (Phi) is 6.36. The van der Waals surface area contributed by atoms with E-state index in [1.807, 2.05) is 32.6 Å². The fourth-order valence-electron chi connectivity index (χ4n) is 3.25. The maximum Gasteiger partial charge on any atom is 0.416 e. The Morgan fingerprint density at radius 1 is 1.03 bits per heavy atom. The molecule has 2 heterocycles. The van der Waals surface area contributed by atoms with E-state index in [1.165, 1.54) is 17.4 Å². The van der Waals surface area contributed by atoms with Gasteiger partial charge in [0.15, 0.2) is 0 Å². The van der Waals surface area contributed by atoms with E-state index in [2.05, 4.69) is 5.32 Å².